The van der Waals surface area contributed by atoms with Crippen LogP contribution in [0.1, 0.15) is 59.6 Å². The molecule has 0 aliphatic rings. The molecule has 24 heavy (non-hydrogen) atoms. The molecule has 0 saturated heterocycles. The molecule has 0 aliphatic heterocycles. The van der Waals surface area contributed by atoms with E-state index in [1.165, 1.54) is 7.11 Å². The molecule has 4 heteroatoms. The van der Waals surface area contributed by atoms with Crippen molar-refractivity contribution < 1.29 is 19.1 Å². The number of hydrogen-bond acceptors (Lipinski definition) is 4. The smallest absolute Gasteiger partial charge is 0.315 e. The molecule has 4 nitrogen and oxygen atoms in total. The molecule has 0 aliphatic carbocycles. The van der Waals surface area contributed by atoms with Crippen molar-refractivity contribution in [3.63, 3.8) is 0 Å². The Morgan fingerprint density at radius 3 is 1.79 bits per heavy atom. The Morgan fingerprint density at radius 1 is 0.875 bits per heavy atom. The molecule has 0 aromatic heterocycles. The zero-order valence-corrected chi connectivity index (χ0v) is 16.1. The summed E-state index contributed by atoms with van der Waals surface area (Å²) in [6.07, 6.45) is 0.570. The zero-order chi connectivity index (χ0) is 18.8. The van der Waals surface area contributed by atoms with E-state index >= 15 is 0 Å². The zero-order valence-electron chi connectivity index (χ0n) is 16.1. The lowest BCUT2D eigenvalue weighted by atomic mass is 9.82. The summed E-state index contributed by atoms with van der Waals surface area (Å²) in [6.45, 7) is 13.0. The average Bonchev–Trinajstić information content (AvgIpc) is 2.44. The van der Waals surface area contributed by atoms with Gasteiger partial charge in [-0.15, -0.1) is 0 Å². The van der Waals surface area contributed by atoms with E-state index in [-0.39, 0.29) is 11.9 Å². The first-order chi connectivity index (χ1) is 10.8. The van der Waals surface area contributed by atoms with Crippen LogP contribution in [-0.4, -0.2) is 24.6 Å². The van der Waals surface area contributed by atoms with E-state index in [0.717, 1.165) is 11.1 Å². The van der Waals surface area contributed by atoms with Crippen molar-refractivity contribution >= 4 is 11.9 Å². The third-order valence-corrected chi connectivity index (χ3v) is 3.97. The van der Waals surface area contributed by atoms with Gasteiger partial charge in [-0.05, 0) is 66.0 Å². The van der Waals surface area contributed by atoms with E-state index in [9.17, 15) is 9.59 Å². The van der Waals surface area contributed by atoms with E-state index in [1.807, 2.05) is 72.7 Å². The summed E-state index contributed by atoms with van der Waals surface area (Å²) in [5.74, 6) is -0.488. The van der Waals surface area contributed by atoms with Gasteiger partial charge in [0.25, 0.3) is 0 Å². The van der Waals surface area contributed by atoms with Crippen molar-refractivity contribution in [3.8, 4) is 0 Å². The minimum Gasteiger partial charge on any atom is -0.468 e. The maximum Gasteiger partial charge on any atom is 0.315 e. The van der Waals surface area contributed by atoms with Gasteiger partial charge in [0, 0.05) is 0 Å². The maximum absolute atomic E-state index is 12.4. The molecule has 0 heterocycles. The van der Waals surface area contributed by atoms with Gasteiger partial charge in [-0.25, -0.2) is 0 Å². The van der Waals surface area contributed by atoms with Gasteiger partial charge >= 0.3 is 11.9 Å². The lowest BCUT2D eigenvalue weighted by Crippen LogP contribution is -2.35. The van der Waals surface area contributed by atoms with Crippen LogP contribution in [-0.2, 0) is 30.9 Å². The molecular weight excluding hydrogens is 304 g/mol. The Hall–Kier alpha value is -1.84. The van der Waals surface area contributed by atoms with E-state index < -0.39 is 16.4 Å². The molecule has 0 amide bonds. The molecule has 0 spiro atoms. The van der Waals surface area contributed by atoms with Gasteiger partial charge in [0.1, 0.15) is 5.60 Å². The minimum absolute atomic E-state index is 0.214. The van der Waals surface area contributed by atoms with E-state index in [0.29, 0.717) is 6.42 Å². The SMILES string of the molecule is COC(=O)C(C)(C)c1ccc(CC(C)(C)C(=O)OC(C)(C)C)cc1. The Labute approximate surface area is 145 Å². The number of ether oxygens (including phenoxy) is 2. The number of esters is 2. The quantitative estimate of drug-likeness (QED) is 0.762. The van der Waals surface area contributed by atoms with Crippen LogP contribution in [0, 0.1) is 5.41 Å². The van der Waals surface area contributed by atoms with Crippen LogP contribution < -0.4 is 0 Å². The van der Waals surface area contributed by atoms with Crippen LogP contribution in [0.4, 0.5) is 0 Å². The Kier molecular flexibility index (Phi) is 5.86. The van der Waals surface area contributed by atoms with Crippen molar-refractivity contribution in [1.29, 1.82) is 0 Å². The normalized spacial score (nSPS) is 12.7. The number of benzene rings is 1. The second kappa shape index (κ2) is 6.96. The first-order valence-electron chi connectivity index (χ1n) is 8.21. The molecule has 0 fully saturated rings. The average molecular weight is 334 g/mol. The molecule has 1 aromatic carbocycles. The van der Waals surface area contributed by atoms with Crippen LogP contribution in [0.25, 0.3) is 0 Å². The summed E-state index contributed by atoms with van der Waals surface area (Å²) in [7, 11) is 1.39. The van der Waals surface area contributed by atoms with Gasteiger partial charge in [0.15, 0.2) is 0 Å². The third kappa shape index (κ3) is 5.08. The summed E-state index contributed by atoms with van der Waals surface area (Å²) >= 11 is 0. The molecule has 0 saturated carbocycles. The Balaban J connectivity index is 2.91. The van der Waals surface area contributed by atoms with E-state index in [1.54, 1.807) is 0 Å². The first-order valence-corrected chi connectivity index (χ1v) is 8.21. The number of rotatable bonds is 5. The van der Waals surface area contributed by atoms with Gasteiger partial charge in [-0.3, -0.25) is 9.59 Å². The fourth-order valence-corrected chi connectivity index (χ4v) is 2.41. The van der Waals surface area contributed by atoms with Gasteiger partial charge in [0.2, 0.25) is 0 Å². The number of carbonyl (C=O) groups excluding carboxylic acids is 2. The highest BCUT2D eigenvalue weighted by Gasteiger charge is 2.34. The maximum atomic E-state index is 12.4. The van der Waals surface area contributed by atoms with Crippen molar-refractivity contribution in [2.24, 2.45) is 5.41 Å². The van der Waals surface area contributed by atoms with Crippen LogP contribution in [0.15, 0.2) is 24.3 Å². The van der Waals surface area contributed by atoms with Gasteiger partial charge in [-0.1, -0.05) is 24.3 Å². The van der Waals surface area contributed by atoms with Gasteiger partial charge in [-0.2, -0.15) is 0 Å². The number of hydrogen-bond donors (Lipinski definition) is 0. The summed E-state index contributed by atoms with van der Waals surface area (Å²) < 4.78 is 10.4. The first kappa shape index (κ1) is 20.2. The van der Waals surface area contributed by atoms with Crippen molar-refractivity contribution in [3.05, 3.63) is 35.4 Å². The van der Waals surface area contributed by atoms with Crippen molar-refractivity contribution in [2.75, 3.05) is 7.11 Å². The lowest BCUT2D eigenvalue weighted by Gasteiger charge is -2.29. The fourth-order valence-electron chi connectivity index (χ4n) is 2.41. The van der Waals surface area contributed by atoms with Crippen LogP contribution >= 0.6 is 0 Å². The van der Waals surface area contributed by atoms with E-state index in [2.05, 4.69) is 0 Å². The predicted octanol–water partition coefficient (Wildman–Crippen LogP) is 4.05. The summed E-state index contributed by atoms with van der Waals surface area (Å²) in [5, 5.41) is 0. The Bertz CT molecular complexity index is 589. The molecule has 0 atom stereocenters. The second-order valence-corrected chi connectivity index (χ2v) is 8.38. The molecule has 0 bridgehead atoms. The number of methoxy groups -OCH3 is 1. The highest BCUT2D eigenvalue weighted by molar-refractivity contribution is 5.82. The third-order valence-electron chi connectivity index (χ3n) is 3.97. The van der Waals surface area contributed by atoms with Crippen molar-refractivity contribution in [1.82, 2.24) is 0 Å². The predicted molar refractivity (Wildman–Crippen MR) is 94.8 cm³/mol. The molecule has 1 aromatic rings. The fraction of sp³-hybridized carbons (Fsp3) is 0.600. The topological polar surface area (TPSA) is 52.6 Å². The summed E-state index contributed by atoms with van der Waals surface area (Å²) in [5.41, 5.74) is 0.0899. The second-order valence-electron chi connectivity index (χ2n) is 8.38. The largest absolute Gasteiger partial charge is 0.468 e. The minimum atomic E-state index is -0.700. The molecular formula is C20H30O4. The summed E-state index contributed by atoms with van der Waals surface area (Å²) in [6, 6.07) is 7.73. The number of carbonyl (C=O) groups is 2. The standard InChI is InChI=1S/C20H30O4/c1-18(2,3)24-16(21)19(4,5)13-14-9-11-15(12-10-14)20(6,7)17(22)23-8/h9-12H,13H2,1-8H3. The highest BCUT2D eigenvalue weighted by atomic mass is 16.6. The van der Waals surface area contributed by atoms with Gasteiger partial charge < -0.3 is 9.47 Å². The highest BCUT2D eigenvalue weighted by Crippen LogP contribution is 2.29. The molecule has 1 rings (SSSR count). The van der Waals surface area contributed by atoms with Crippen LogP contribution in [0.2, 0.25) is 0 Å². The van der Waals surface area contributed by atoms with Gasteiger partial charge in [0.05, 0.1) is 17.9 Å². The van der Waals surface area contributed by atoms with Crippen LogP contribution in [0.3, 0.4) is 0 Å². The molecule has 0 radical (unpaired) electrons. The molecule has 134 valence electrons. The lowest BCUT2D eigenvalue weighted by molar-refractivity contribution is -0.165. The molecule has 0 N–H and O–H groups in total. The summed E-state index contributed by atoms with van der Waals surface area (Å²) in [4.78, 5) is 24.2. The Morgan fingerprint density at radius 2 is 1.38 bits per heavy atom. The van der Waals surface area contributed by atoms with Crippen molar-refractivity contribution in [2.45, 2.75) is 65.9 Å². The van der Waals surface area contributed by atoms with Crippen LogP contribution in [0.5, 0.6) is 0 Å². The van der Waals surface area contributed by atoms with E-state index in [4.69, 9.17) is 9.47 Å². The molecule has 0 unspecified atom stereocenters. The monoisotopic (exact) mass is 334 g/mol.